The van der Waals surface area contributed by atoms with Gasteiger partial charge in [0, 0.05) is 39.5 Å². The first-order valence-electron chi connectivity index (χ1n) is 15.3. The van der Waals surface area contributed by atoms with Crippen LogP contribution in [0.2, 0.25) is 25.7 Å². The van der Waals surface area contributed by atoms with Crippen molar-refractivity contribution in [2.24, 2.45) is 0 Å². The highest BCUT2D eigenvalue weighted by Gasteiger charge is 2.24. The van der Waals surface area contributed by atoms with Gasteiger partial charge in [-0.1, -0.05) is 43.8 Å². The number of fused-ring (bicyclic) bond motifs is 1. The SMILES string of the molecule is C[Si](C)(C)CCOCN(c1ccc2ncc(Nc3ccc(OC4CCOCC4)nc3)cc2n1)c1nnc(C2CCCC2)s1. The van der Waals surface area contributed by atoms with Crippen molar-refractivity contribution in [2.75, 3.05) is 36.8 Å². The lowest BCUT2D eigenvalue weighted by atomic mass is 10.1. The Balaban J connectivity index is 1.19. The summed E-state index contributed by atoms with van der Waals surface area (Å²) in [4.78, 5) is 16.2. The molecule has 5 heterocycles. The van der Waals surface area contributed by atoms with Gasteiger partial charge in [-0.05, 0) is 43.2 Å². The first-order valence-corrected chi connectivity index (χ1v) is 19.8. The lowest BCUT2D eigenvalue weighted by Crippen LogP contribution is -2.26. The smallest absolute Gasteiger partial charge is 0.215 e. The third kappa shape index (κ3) is 8.05. The summed E-state index contributed by atoms with van der Waals surface area (Å²) in [6.07, 6.45) is 10.4. The van der Waals surface area contributed by atoms with E-state index in [2.05, 4.69) is 45.1 Å². The minimum Gasteiger partial charge on any atom is -0.474 e. The molecule has 1 saturated carbocycles. The molecule has 0 atom stereocenters. The van der Waals surface area contributed by atoms with Crippen LogP contribution in [0, 0.1) is 0 Å². The maximum absolute atomic E-state index is 6.20. The molecule has 12 heteroatoms. The molecule has 1 N–H and O–H groups in total. The molecule has 0 spiro atoms. The molecule has 0 radical (unpaired) electrons. The van der Waals surface area contributed by atoms with E-state index in [0.29, 0.717) is 18.5 Å². The van der Waals surface area contributed by atoms with Crippen LogP contribution in [0.5, 0.6) is 5.88 Å². The van der Waals surface area contributed by atoms with Gasteiger partial charge >= 0.3 is 0 Å². The van der Waals surface area contributed by atoms with Crippen LogP contribution in [-0.4, -0.2) is 65.9 Å². The van der Waals surface area contributed by atoms with E-state index in [9.17, 15) is 0 Å². The van der Waals surface area contributed by atoms with Crippen LogP contribution in [0.4, 0.5) is 22.3 Å². The number of nitrogens with zero attached hydrogens (tertiary/aromatic N) is 6. The molecule has 1 saturated heterocycles. The first-order chi connectivity index (χ1) is 20.9. The number of anilines is 4. The molecule has 0 unspecified atom stereocenters. The molecule has 4 aromatic rings. The predicted octanol–water partition coefficient (Wildman–Crippen LogP) is 7.29. The number of hydrogen-bond donors (Lipinski definition) is 1. The van der Waals surface area contributed by atoms with Crippen molar-refractivity contribution in [1.82, 2.24) is 25.1 Å². The third-order valence-corrected chi connectivity index (χ3v) is 10.7. The van der Waals surface area contributed by atoms with E-state index >= 15 is 0 Å². The highest BCUT2D eigenvalue weighted by molar-refractivity contribution is 7.15. The summed E-state index contributed by atoms with van der Waals surface area (Å²) in [5, 5.41) is 14.5. The van der Waals surface area contributed by atoms with E-state index < -0.39 is 8.07 Å². The summed E-state index contributed by atoms with van der Waals surface area (Å²) in [5.41, 5.74) is 3.27. The fraction of sp³-hybridized carbons (Fsp3) is 0.516. The second kappa shape index (κ2) is 13.6. The van der Waals surface area contributed by atoms with Crippen molar-refractivity contribution in [2.45, 2.75) is 76.2 Å². The summed E-state index contributed by atoms with van der Waals surface area (Å²) in [6, 6.07) is 11.0. The molecule has 2 aliphatic rings. The first kappa shape index (κ1) is 29.9. The van der Waals surface area contributed by atoms with Gasteiger partial charge in [-0.15, -0.1) is 10.2 Å². The number of nitrogens with one attached hydrogen (secondary N) is 1. The van der Waals surface area contributed by atoms with E-state index in [4.69, 9.17) is 19.2 Å². The zero-order chi connectivity index (χ0) is 29.6. The summed E-state index contributed by atoms with van der Waals surface area (Å²) in [5.74, 6) is 1.91. The summed E-state index contributed by atoms with van der Waals surface area (Å²) < 4.78 is 17.6. The normalized spacial score (nSPS) is 16.5. The molecule has 0 amide bonds. The van der Waals surface area contributed by atoms with Crippen LogP contribution < -0.4 is 15.0 Å². The van der Waals surface area contributed by atoms with Gasteiger partial charge in [-0.25, -0.2) is 9.97 Å². The van der Waals surface area contributed by atoms with Gasteiger partial charge in [-0.2, -0.15) is 0 Å². The molecule has 1 aliphatic heterocycles. The molecule has 2 fully saturated rings. The average molecular weight is 620 g/mol. The standard InChI is InChI=1S/C31H41N7O3SSi/c1-43(2,3)17-16-40-21-38(31-37-36-30(42-31)22-6-4-5-7-22)28-10-9-26-27(35-28)18-24(20-32-26)34-23-8-11-29(33-19-23)41-25-12-14-39-15-13-25/h8-11,18-20,22,25,34H,4-7,12-17,21H2,1-3H3. The zero-order valence-corrected chi connectivity index (χ0v) is 27.1. The van der Waals surface area contributed by atoms with Crippen molar-refractivity contribution >= 4 is 52.8 Å². The number of aromatic nitrogens is 5. The van der Waals surface area contributed by atoms with Gasteiger partial charge in [0.1, 0.15) is 23.7 Å². The Morgan fingerprint density at radius 2 is 1.77 bits per heavy atom. The summed E-state index contributed by atoms with van der Waals surface area (Å²) in [6.45, 7) is 9.66. The van der Waals surface area contributed by atoms with Crippen LogP contribution in [0.1, 0.15) is 49.5 Å². The van der Waals surface area contributed by atoms with E-state index in [1.165, 1.54) is 25.7 Å². The van der Waals surface area contributed by atoms with Gasteiger partial charge in [0.25, 0.3) is 0 Å². The maximum atomic E-state index is 6.20. The van der Waals surface area contributed by atoms with Crippen LogP contribution >= 0.6 is 11.3 Å². The Kier molecular flexibility index (Phi) is 9.46. The Labute approximate surface area is 258 Å². The van der Waals surface area contributed by atoms with E-state index in [0.717, 1.165) is 77.1 Å². The monoisotopic (exact) mass is 619 g/mol. The number of hydrogen-bond acceptors (Lipinski definition) is 11. The quantitative estimate of drug-likeness (QED) is 0.0987. The Morgan fingerprint density at radius 3 is 2.53 bits per heavy atom. The minimum atomic E-state index is -1.21. The summed E-state index contributed by atoms with van der Waals surface area (Å²) >= 11 is 1.66. The molecular formula is C31H41N7O3SSi. The fourth-order valence-corrected chi connectivity index (χ4v) is 7.06. The fourth-order valence-electron chi connectivity index (χ4n) is 5.30. The van der Waals surface area contributed by atoms with Crippen LogP contribution in [0.15, 0.2) is 42.7 Å². The van der Waals surface area contributed by atoms with Crippen molar-refractivity contribution in [1.29, 1.82) is 0 Å². The maximum Gasteiger partial charge on any atom is 0.215 e. The van der Waals surface area contributed by atoms with Crippen LogP contribution in [0.3, 0.4) is 0 Å². The zero-order valence-electron chi connectivity index (χ0n) is 25.3. The Morgan fingerprint density at radius 1 is 0.953 bits per heavy atom. The predicted molar refractivity (Wildman–Crippen MR) is 174 cm³/mol. The molecule has 0 aromatic carbocycles. The van der Waals surface area contributed by atoms with Crippen molar-refractivity contribution in [3.8, 4) is 5.88 Å². The van der Waals surface area contributed by atoms with Crippen LogP contribution in [0.25, 0.3) is 11.0 Å². The molecule has 6 rings (SSSR count). The second-order valence-corrected chi connectivity index (χ2v) is 19.2. The Hall–Kier alpha value is -3.19. The number of rotatable bonds is 12. The lowest BCUT2D eigenvalue weighted by molar-refractivity contribution is 0.0237. The van der Waals surface area contributed by atoms with Crippen molar-refractivity contribution in [3.63, 3.8) is 0 Å². The van der Waals surface area contributed by atoms with E-state index in [1.54, 1.807) is 17.5 Å². The van der Waals surface area contributed by atoms with Crippen molar-refractivity contribution < 1.29 is 14.2 Å². The van der Waals surface area contributed by atoms with E-state index in [1.807, 2.05) is 41.4 Å². The highest BCUT2D eigenvalue weighted by Crippen LogP contribution is 2.38. The van der Waals surface area contributed by atoms with Crippen molar-refractivity contribution in [3.05, 3.63) is 47.7 Å². The summed E-state index contributed by atoms with van der Waals surface area (Å²) in [7, 11) is -1.21. The largest absolute Gasteiger partial charge is 0.474 e. The lowest BCUT2D eigenvalue weighted by Gasteiger charge is -2.22. The second-order valence-electron chi connectivity index (χ2n) is 12.6. The molecular weight excluding hydrogens is 579 g/mol. The molecule has 0 bridgehead atoms. The average Bonchev–Trinajstić information content (AvgIpc) is 3.71. The van der Waals surface area contributed by atoms with E-state index in [-0.39, 0.29) is 6.10 Å². The molecule has 4 aromatic heterocycles. The number of pyridine rings is 3. The molecule has 228 valence electrons. The van der Waals surface area contributed by atoms with Gasteiger partial charge in [0.2, 0.25) is 11.0 Å². The molecule has 43 heavy (non-hydrogen) atoms. The topological polar surface area (TPSA) is 107 Å². The van der Waals surface area contributed by atoms with Gasteiger partial charge < -0.3 is 19.5 Å². The Bertz CT molecular complexity index is 1490. The number of ether oxygens (including phenoxy) is 3. The molecule has 10 nitrogen and oxygen atoms in total. The highest BCUT2D eigenvalue weighted by atomic mass is 32.1. The van der Waals surface area contributed by atoms with Gasteiger partial charge in [0.15, 0.2) is 0 Å². The van der Waals surface area contributed by atoms with Gasteiger partial charge in [-0.3, -0.25) is 9.88 Å². The molecule has 1 aliphatic carbocycles. The van der Waals surface area contributed by atoms with Gasteiger partial charge in [0.05, 0.1) is 48.0 Å². The minimum absolute atomic E-state index is 0.157. The van der Waals surface area contributed by atoms with Crippen LogP contribution in [-0.2, 0) is 9.47 Å². The third-order valence-electron chi connectivity index (χ3n) is 7.86.